The molecular formula is C27H32N12O3S. The second kappa shape index (κ2) is 13.8. The molecular weight excluding hydrogens is 572 g/mol. The van der Waals surface area contributed by atoms with E-state index < -0.39 is 5.97 Å². The Morgan fingerprint density at radius 3 is 2.51 bits per heavy atom. The van der Waals surface area contributed by atoms with Gasteiger partial charge in [-0.25, -0.2) is 9.67 Å². The number of rotatable bonds is 13. The zero-order valence-corrected chi connectivity index (χ0v) is 25.4. The monoisotopic (exact) mass is 604 g/mol. The van der Waals surface area contributed by atoms with Crippen LogP contribution in [-0.4, -0.2) is 66.5 Å². The van der Waals surface area contributed by atoms with Gasteiger partial charge in [-0.1, -0.05) is 17.7 Å². The van der Waals surface area contributed by atoms with Crippen LogP contribution < -0.4 is 16.0 Å². The summed E-state index contributed by atoms with van der Waals surface area (Å²) in [7, 11) is 1.59. The lowest BCUT2D eigenvalue weighted by atomic mass is 10.1. The van der Waals surface area contributed by atoms with Crippen LogP contribution in [0.15, 0.2) is 28.6 Å². The van der Waals surface area contributed by atoms with Crippen molar-refractivity contribution in [3.63, 3.8) is 0 Å². The number of ether oxygens (including phenoxy) is 1. The predicted octanol–water partition coefficient (Wildman–Crippen LogP) is 5.11. The Morgan fingerprint density at radius 1 is 1.16 bits per heavy atom. The normalized spacial score (nSPS) is 11.8. The summed E-state index contributed by atoms with van der Waals surface area (Å²) in [5, 5.41) is 42.1. The zero-order chi connectivity index (χ0) is 31.1. The number of carboxylic acids is 1. The van der Waals surface area contributed by atoms with Crippen molar-refractivity contribution in [2.45, 2.75) is 47.1 Å². The number of nitriles is 1. The molecule has 4 N–H and O–H groups in total. The molecule has 4 aromatic rings. The fourth-order valence-electron chi connectivity index (χ4n) is 4.22. The highest BCUT2D eigenvalue weighted by atomic mass is 32.1. The first-order valence-electron chi connectivity index (χ1n) is 13.3. The van der Waals surface area contributed by atoms with Gasteiger partial charge < -0.3 is 25.8 Å². The number of aliphatic carboxylic acids is 1. The smallest absolute Gasteiger partial charge is 0.305 e. The van der Waals surface area contributed by atoms with E-state index in [0.29, 0.717) is 23.4 Å². The molecule has 0 fully saturated rings. The number of carbonyl (C=O) groups is 1. The molecule has 0 radical (unpaired) electrons. The second-order valence-corrected chi connectivity index (χ2v) is 10.5. The van der Waals surface area contributed by atoms with Crippen LogP contribution in [0, 0.1) is 39.0 Å². The van der Waals surface area contributed by atoms with E-state index in [1.165, 1.54) is 10.9 Å². The van der Waals surface area contributed by atoms with Gasteiger partial charge in [-0.05, 0) is 45.7 Å². The van der Waals surface area contributed by atoms with E-state index >= 15 is 0 Å². The summed E-state index contributed by atoms with van der Waals surface area (Å²) in [6.07, 6.45) is 1.34. The lowest BCUT2D eigenvalue weighted by molar-refractivity contribution is -0.136. The molecule has 0 aliphatic carbocycles. The molecule has 0 bridgehead atoms. The summed E-state index contributed by atoms with van der Waals surface area (Å²) in [6.45, 7) is 10.1. The van der Waals surface area contributed by atoms with E-state index in [2.05, 4.69) is 63.8 Å². The van der Waals surface area contributed by atoms with Crippen molar-refractivity contribution in [1.82, 2.24) is 29.1 Å². The Bertz CT molecular complexity index is 1670. The maximum atomic E-state index is 11.3. The Balaban J connectivity index is 1.80. The minimum absolute atomic E-state index is 0.0517. The number of anilines is 4. The fraction of sp³-hybridized carbons (Fsp3) is 0.370. The number of methoxy groups -OCH3 is 1. The maximum Gasteiger partial charge on any atom is 0.305 e. The minimum Gasteiger partial charge on any atom is -0.481 e. The van der Waals surface area contributed by atoms with E-state index in [9.17, 15) is 15.2 Å². The summed E-state index contributed by atoms with van der Waals surface area (Å²) in [4.78, 5) is 24.9. The van der Waals surface area contributed by atoms with Gasteiger partial charge in [0.15, 0.2) is 17.3 Å². The molecule has 1 aromatic carbocycles. The lowest BCUT2D eigenvalue weighted by Gasteiger charge is -2.19. The molecule has 224 valence electrons. The number of hydrogen-bond acceptors (Lipinski definition) is 14. The van der Waals surface area contributed by atoms with Crippen LogP contribution in [0.3, 0.4) is 0 Å². The van der Waals surface area contributed by atoms with E-state index in [1.807, 2.05) is 27.7 Å². The van der Waals surface area contributed by atoms with Crippen LogP contribution in [0.1, 0.15) is 41.4 Å². The van der Waals surface area contributed by atoms with Crippen molar-refractivity contribution >= 4 is 52.3 Å². The van der Waals surface area contributed by atoms with Gasteiger partial charge in [0.05, 0.1) is 19.2 Å². The highest BCUT2D eigenvalue weighted by molar-refractivity contribution is 7.08. The predicted molar refractivity (Wildman–Crippen MR) is 162 cm³/mol. The third-order valence-electron chi connectivity index (χ3n) is 6.00. The largest absolute Gasteiger partial charge is 0.481 e. The highest BCUT2D eigenvalue weighted by Gasteiger charge is 2.19. The first kappa shape index (κ1) is 30.9. The number of nitrogens with zero attached hydrogens (tertiary/aromatic N) is 9. The van der Waals surface area contributed by atoms with Gasteiger partial charge in [-0.3, -0.25) is 4.79 Å². The molecule has 3 aromatic heterocycles. The standard InChI is InChI=1S/C27H32N12O3S/c1-14-9-15(2)21(16(3)10-14)32-26-33-24(29-8-7-20(40)41)22(25(34-26)30-17(4)13-42-6)35-36-23-19(11-28)12-39(37-23)27-31-18(5)38-43-27/h9-10,12,17H,7-8,13H2,1-6H3,(H,40,41)(H3,29,30,32,33,34). The van der Waals surface area contributed by atoms with Gasteiger partial charge in [0.1, 0.15) is 17.5 Å². The van der Waals surface area contributed by atoms with Crippen LogP contribution in [0.4, 0.5) is 34.8 Å². The van der Waals surface area contributed by atoms with Gasteiger partial charge >= 0.3 is 5.97 Å². The average molecular weight is 605 g/mol. The number of aromatic nitrogens is 6. The average Bonchev–Trinajstić information content (AvgIpc) is 3.56. The zero-order valence-electron chi connectivity index (χ0n) is 24.6. The topological polar surface area (TPSA) is 201 Å². The van der Waals surface area contributed by atoms with E-state index in [0.717, 1.165) is 33.9 Å². The number of nitrogens with one attached hydrogen (secondary N) is 3. The van der Waals surface area contributed by atoms with Gasteiger partial charge in [0, 0.05) is 36.9 Å². The van der Waals surface area contributed by atoms with Gasteiger partial charge in [-0.2, -0.15) is 19.6 Å². The quantitative estimate of drug-likeness (QED) is 0.147. The number of azo groups is 1. The summed E-state index contributed by atoms with van der Waals surface area (Å²) < 4.78 is 10.9. The van der Waals surface area contributed by atoms with Crippen LogP contribution in [0.2, 0.25) is 0 Å². The lowest BCUT2D eigenvalue weighted by Crippen LogP contribution is -2.22. The van der Waals surface area contributed by atoms with Gasteiger partial charge in [0.2, 0.25) is 16.9 Å². The fourth-order valence-corrected chi connectivity index (χ4v) is 4.83. The molecule has 0 aliphatic heterocycles. The van der Waals surface area contributed by atoms with Crippen molar-refractivity contribution in [1.29, 1.82) is 5.26 Å². The molecule has 0 saturated heterocycles. The first-order chi connectivity index (χ1) is 20.6. The van der Waals surface area contributed by atoms with Crippen molar-refractivity contribution in [3.05, 3.63) is 46.4 Å². The molecule has 4 rings (SSSR count). The molecule has 16 heteroatoms. The summed E-state index contributed by atoms with van der Waals surface area (Å²) >= 11 is 1.13. The molecule has 43 heavy (non-hydrogen) atoms. The molecule has 0 aliphatic rings. The number of carboxylic acid groups (broad SMARTS) is 1. The van der Waals surface area contributed by atoms with E-state index in [1.54, 1.807) is 14.0 Å². The molecule has 1 unspecified atom stereocenters. The minimum atomic E-state index is -0.975. The Labute approximate surface area is 252 Å². The number of hydrogen-bond donors (Lipinski definition) is 4. The Morgan fingerprint density at radius 2 is 1.88 bits per heavy atom. The summed E-state index contributed by atoms with van der Waals surface area (Å²) in [5.74, 6) is 0.455. The van der Waals surface area contributed by atoms with Crippen LogP contribution in [0.5, 0.6) is 0 Å². The van der Waals surface area contributed by atoms with Crippen molar-refractivity contribution in [3.8, 4) is 11.2 Å². The SMILES string of the molecule is COCC(C)Nc1nc(Nc2c(C)cc(C)cc2C)nc(NCCC(=O)O)c1N=Nc1nn(-c2nc(C)ns2)cc1C#N. The van der Waals surface area contributed by atoms with Gasteiger partial charge in [0.25, 0.3) is 0 Å². The van der Waals surface area contributed by atoms with Crippen molar-refractivity contribution in [2.75, 3.05) is 36.2 Å². The third-order valence-corrected chi connectivity index (χ3v) is 6.80. The third kappa shape index (κ3) is 7.84. The van der Waals surface area contributed by atoms with Crippen molar-refractivity contribution < 1.29 is 14.6 Å². The van der Waals surface area contributed by atoms with E-state index in [4.69, 9.17) is 9.72 Å². The molecule has 15 nitrogen and oxygen atoms in total. The summed E-state index contributed by atoms with van der Waals surface area (Å²) in [5.41, 5.74) is 4.37. The molecule has 0 spiro atoms. The Hall–Kier alpha value is -5.01. The molecule has 0 saturated carbocycles. The molecule has 0 amide bonds. The Kier molecular flexibility index (Phi) is 9.91. The van der Waals surface area contributed by atoms with E-state index in [-0.39, 0.29) is 47.8 Å². The van der Waals surface area contributed by atoms with Gasteiger partial charge in [-0.15, -0.1) is 15.3 Å². The van der Waals surface area contributed by atoms with Crippen LogP contribution in [0.25, 0.3) is 5.13 Å². The first-order valence-corrected chi connectivity index (χ1v) is 14.1. The molecule has 1 atom stereocenters. The number of aryl methyl sites for hydroxylation is 4. The highest BCUT2D eigenvalue weighted by Crippen LogP contribution is 2.36. The van der Waals surface area contributed by atoms with Crippen LogP contribution in [-0.2, 0) is 9.53 Å². The van der Waals surface area contributed by atoms with Crippen molar-refractivity contribution in [2.24, 2.45) is 10.2 Å². The van der Waals surface area contributed by atoms with Crippen LogP contribution >= 0.6 is 11.5 Å². The summed E-state index contributed by atoms with van der Waals surface area (Å²) in [6, 6.07) is 5.99. The maximum absolute atomic E-state index is 11.3. The number of benzene rings is 1. The molecule has 3 heterocycles. The second-order valence-electron chi connectivity index (χ2n) is 9.81.